The van der Waals surface area contributed by atoms with Crippen molar-refractivity contribution in [2.24, 2.45) is 0 Å². The molecule has 0 saturated carbocycles. The van der Waals surface area contributed by atoms with Gasteiger partial charge in [0, 0.05) is 32.7 Å². The Morgan fingerprint density at radius 3 is 2.61 bits per heavy atom. The van der Waals surface area contributed by atoms with Gasteiger partial charge in [-0.3, -0.25) is 9.69 Å². The zero-order valence-corrected chi connectivity index (χ0v) is 19.4. The van der Waals surface area contributed by atoms with Gasteiger partial charge in [-0.1, -0.05) is 66.4 Å². The molecular weight excluding hydrogens is 432 g/mol. The van der Waals surface area contributed by atoms with E-state index in [0.717, 1.165) is 44.0 Å². The number of benzene rings is 3. The number of hydrogen-bond acceptors (Lipinski definition) is 6. The monoisotopic (exact) mass is 458 g/mol. The minimum atomic E-state index is 0.128. The number of nitrogens with zero attached hydrogens (tertiary/aromatic N) is 6. The number of tetrazole rings is 1. The van der Waals surface area contributed by atoms with Crippen molar-refractivity contribution in [3.63, 3.8) is 0 Å². The maximum Gasteiger partial charge on any atom is 0.233 e. The fraction of sp³-hybridized carbons (Fsp3) is 0.280. The van der Waals surface area contributed by atoms with Gasteiger partial charge >= 0.3 is 0 Å². The van der Waals surface area contributed by atoms with E-state index in [1.807, 2.05) is 36.1 Å². The number of carbonyl (C=O) groups excluding carboxylic acids is 1. The molecule has 2 heterocycles. The molecule has 1 aliphatic heterocycles. The quantitative estimate of drug-likeness (QED) is 0.412. The van der Waals surface area contributed by atoms with Crippen LogP contribution in [0.1, 0.15) is 11.1 Å². The molecule has 1 aliphatic rings. The number of fused-ring (bicyclic) bond motifs is 1. The molecule has 3 aromatic carbocycles. The van der Waals surface area contributed by atoms with Gasteiger partial charge in [-0.05, 0) is 51.4 Å². The van der Waals surface area contributed by atoms with Gasteiger partial charge in [0.15, 0.2) is 0 Å². The van der Waals surface area contributed by atoms with Crippen molar-refractivity contribution < 1.29 is 4.79 Å². The number of aromatic nitrogens is 4. The van der Waals surface area contributed by atoms with Crippen LogP contribution in [0.2, 0.25) is 0 Å². The summed E-state index contributed by atoms with van der Waals surface area (Å²) in [5.41, 5.74) is 3.37. The summed E-state index contributed by atoms with van der Waals surface area (Å²) in [5.74, 6) is 0.457. The van der Waals surface area contributed by atoms with E-state index in [2.05, 4.69) is 62.9 Å². The van der Waals surface area contributed by atoms with Crippen LogP contribution in [0.5, 0.6) is 0 Å². The summed E-state index contributed by atoms with van der Waals surface area (Å²) in [5, 5.41) is 15.2. The number of carbonyl (C=O) groups is 1. The number of piperazine rings is 1. The molecule has 4 aromatic rings. The van der Waals surface area contributed by atoms with Crippen LogP contribution in [-0.2, 0) is 11.3 Å². The lowest BCUT2D eigenvalue weighted by atomic mass is 10.0. The fourth-order valence-corrected chi connectivity index (χ4v) is 5.03. The lowest BCUT2D eigenvalue weighted by Crippen LogP contribution is -2.48. The summed E-state index contributed by atoms with van der Waals surface area (Å²) in [6.07, 6.45) is 0. The molecule has 5 rings (SSSR count). The number of amides is 1. The van der Waals surface area contributed by atoms with E-state index in [0.29, 0.717) is 10.9 Å². The molecule has 0 atom stereocenters. The maximum absolute atomic E-state index is 12.8. The predicted octanol–water partition coefficient (Wildman–Crippen LogP) is 3.56. The van der Waals surface area contributed by atoms with Crippen molar-refractivity contribution in [1.29, 1.82) is 0 Å². The lowest BCUT2D eigenvalue weighted by molar-refractivity contribution is -0.130. The average molecular weight is 459 g/mol. The van der Waals surface area contributed by atoms with Crippen LogP contribution >= 0.6 is 11.8 Å². The summed E-state index contributed by atoms with van der Waals surface area (Å²) in [6.45, 7) is 6.18. The highest BCUT2D eigenvalue weighted by Gasteiger charge is 2.22. The second kappa shape index (κ2) is 9.72. The Hall–Kier alpha value is -3.23. The van der Waals surface area contributed by atoms with Crippen LogP contribution in [-0.4, -0.2) is 67.8 Å². The Kier molecular flexibility index (Phi) is 6.37. The van der Waals surface area contributed by atoms with E-state index < -0.39 is 0 Å². The first-order valence-electron chi connectivity index (χ1n) is 11.1. The summed E-state index contributed by atoms with van der Waals surface area (Å²) in [4.78, 5) is 17.2. The van der Waals surface area contributed by atoms with Gasteiger partial charge in [-0.15, -0.1) is 5.10 Å². The van der Waals surface area contributed by atoms with E-state index in [-0.39, 0.29) is 5.91 Å². The molecule has 0 aliphatic carbocycles. The first-order chi connectivity index (χ1) is 16.2. The molecular formula is C25H26N6OS. The maximum atomic E-state index is 12.8. The van der Waals surface area contributed by atoms with Gasteiger partial charge in [-0.2, -0.15) is 4.68 Å². The highest BCUT2D eigenvalue weighted by Crippen LogP contribution is 2.22. The van der Waals surface area contributed by atoms with Crippen LogP contribution in [0.4, 0.5) is 0 Å². The SMILES string of the molecule is Cc1cccc(-n2nnnc2SCC(=O)N2CCN(Cc3cccc4ccccc34)CC2)c1. The smallest absolute Gasteiger partial charge is 0.233 e. The second-order valence-corrected chi connectivity index (χ2v) is 9.24. The van der Waals surface area contributed by atoms with Crippen LogP contribution < -0.4 is 0 Å². The molecule has 168 valence electrons. The molecule has 0 N–H and O–H groups in total. The molecule has 1 fully saturated rings. The molecule has 0 unspecified atom stereocenters. The average Bonchev–Trinajstić information content (AvgIpc) is 3.32. The minimum absolute atomic E-state index is 0.128. The first kappa shape index (κ1) is 21.6. The molecule has 0 radical (unpaired) electrons. The van der Waals surface area contributed by atoms with Gasteiger partial charge in [-0.25, -0.2) is 0 Å². The molecule has 8 heteroatoms. The third-order valence-electron chi connectivity index (χ3n) is 6.01. The van der Waals surface area contributed by atoms with Crippen LogP contribution in [0, 0.1) is 6.92 Å². The standard InChI is InChI=1S/C25H26N6OS/c1-19-6-4-10-22(16-19)31-25(26-27-28-31)33-18-24(32)30-14-12-29(13-15-30)17-21-9-5-8-20-7-2-3-11-23(20)21/h2-11,16H,12-15,17-18H2,1H3. The second-order valence-electron chi connectivity index (χ2n) is 8.30. The van der Waals surface area contributed by atoms with Gasteiger partial charge in [0.1, 0.15) is 0 Å². The van der Waals surface area contributed by atoms with E-state index in [1.165, 1.54) is 28.1 Å². The molecule has 0 spiro atoms. The minimum Gasteiger partial charge on any atom is -0.339 e. The Morgan fingerprint density at radius 1 is 0.970 bits per heavy atom. The van der Waals surface area contributed by atoms with Crippen LogP contribution in [0.3, 0.4) is 0 Å². The lowest BCUT2D eigenvalue weighted by Gasteiger charge is -2.35. The van der Waals surface area contributed by atoms with E-state index in [1.54, 1.807) is 4.68 Å². The fourth-order valence-electron chi connectivity index (χ4n) is 4.23. The van der Waals surface area contributed by atoms with Crippen molar-refractivity contribution in [1.82, 2.24) is 30.0 Å². The number of rotatable bonds is 6. The van der Waals surface area contributed by atoms with Gasteiger partial charge in [0.25, 0.3) is 0 Å². The van der Waals surface area contributed by atoms with Crippen LogP contribution in [0.25, 0.3) is 16.5 Å². The van der Waals surface area contributed by atoms with Crippen molar-refractivity contribution in [2.75, 3.05) is 31.9 Å². The third kappa shape index (κ3) is 4.91. The molecule has 1 saturated heterocycles. The summed E-state index contributed by atoms with van der Waals surface area (Å²) in [6, 6.07) is 23.0. The highest BCUT2D eigenvalue weighted by molar-refractivity contribution is 7.99. The normalized spacial score (nSPS) is 14.6. The van der Waals surface area contributed by atoms with Crippen molar-refractivity contribution in [3.05, 3.63) is 77.9 Å². The highest BCUT2D eigenvalue weighted by atomic mass is 32.2. The van der Waals surface area contributed by atoms with Crippen molar-refractivity contribution in [3.8, 4) is 5.69 Å². The Morgan fingerprint density at radius 2 is 1.76 bits per heavy atom. The zero-order valence-electron chi connectivity index (χ0n) is 18.6. The van der Waals surface area contributed by atoms with Gasteiger partial charge < -0.3 is 4.90 Å². The predicted molar refractivity (Wildman–Crippen MR) is 130 cm³/mol. The molecule has 1 amide bonds. The summed E-state index contributed by atoms with van der Waals surface area (Å²) in [7, 11) is 0. The van der Waals surface area contributed by atoms with Crippen molar-refractivity contribution in [2.45, 2.75) is 18.6 Å². The van der Waals surface area contributed by atoms with Crippen LogP contribution in [0.15, 0.2) is 71.9 Å². The number of thioether (sulfide) groups is 1. The Balaban J connectivity index is 1.15. The molecule has 0 bridgehead atoms. The summed E-state index contributed by atoms with van der Waals surface area (Å²) < 4.78 is 1.69. The largest absolute Gasteiger partial charge is 0.339 e. The van der Waals surface area contributed by atoms with E-state index >= 15 is 0 Å². The molecule has 7 nitrogen and oxygen atoms in total. The van der Waals surface area contributed by atoms with E-state index in [4.69, 9.17) is 0 Å². The van der Waals surface area contributed by atoms with Gasteiger partial charge in [0.2, 0.25) is 11.1 Å². The van der Waals surface area contributed by atoms with Crippen molar-refractivity contribution >= 4 is 28.4 Å². The Bertz CT molecular complexity index is 1260. The number of hydrogen-bond donors (Lipinski definition) is 0. The van der Waals surface area contributed by atoms with Gasteiger partial charge in [0.05, 0.1) is 11.4 Å². The topological polar surface area (TPSA) is 67.2 Å². The first-order valence-corrected chi connectivity index (χ1v) is 12.1. The van der Waals surface area contributed by atoms with E-state index in [9.17, 15) is 4.79 Å². The Labute approximate surface area is 197 Å². The molecule has 33 heavy (non-hydrogen) atoms. The number of aryl methyl sites for hydroxylation is 1. The third-order valence-corrected chi connectivity index (χ3v) is 6.91. The zero-order chi connectivity index (χ0) is 22.6. The summed E-state index contributed by atoms with van der Waals surface area (Å²) >= 11 is 1.38. The molecule has 1 aromatic heterocycles.